The van der Waals surface area contributed by atoms with Gasteiger partial charge in [-0.2, -0.15) is 0 Å². The van der Waals surface area contributed by atoms with Gasteiger partial charge in [-0.05, 0) is 35.7 Å². The van der Waals surface area contributed by atoms with Gasteiger partial charge in [-0.15, -0.1) is 0 Å². The molecular weight excluding hydrogens is 386 g/mol. The second-order valence-corrected chi connectivity index (χ2v) is 7.08. The quantitative estimate of drug-likeness (QED) is 0.524. The molecule has 8 heteroatoms. The molecule has 5 atom stereocenters. The standard InChI is InChI=1S/C20H20ClNO6/c21-13-9-12(22-8-7-11-3-1-2-4-14(11)22)5-6-15(13)27-20-19(26)18(25)17(24)16(10-23)28-20/h1-9,16-20,23-26H,10H2/t16-,17-,18+,19+,20+/m1/s1. The first kappa shape index (κ1) is 19.2. The monoisotopic (exact) mass is 405 g/mol. The summed E-state index contributed by atoms with van der Waals surface area (Å²) in [6.07, 6.45) is -4.85. The summed E-state index contributed by atoms with van der Waals surface area (Å²) < 4.78 is 13.0. The first-order chi connectivity index (χ1) is 13.5. The number of aromatic nitrogens is 1. The zero-order valence-electron chi connectivity index (χ0n) is 14.7. The van der Waals surface area contributed by atoms with Crippen molar-refractivity contribution in [2.45, 2.75) is 30.7 Å². The molecule has 4 N–H and O–H groups in total. The lowest BCUT2D eigenvalue weighted by atomic mass is 9.99. The molecule has 0 aliphatic carbocycles. The highest BCUT2D eigenvalue weighted by Crippen LogP contribution is 2.32. The van der Waals surface area contributed by atoms with Crippen molar-refractivity contribution < 1.29 is 29.9 Å². The van der Waals surface area contributed by atoms with Crippen molar-refractivity contribution in [2.24, 2.45) is 0 Å². The van der Waals surface area contributed by atoms with Gasteiger partial charge >= 0.3 is 0 Å². The molecular formula is C20H20ClNO6. The van der Waals surface area contributed by atoms with Gasteiger partial charge in [0.05, 0.1) is 17.1 Å². The summed E-state index contributed by atoms with van der Waals surface area (Å²) in [4.78, 5) is 0. The van der Waals surface area contributed by atoms with E-state index in [0.717, 1.165) is 16.6 Å². The summed E-state index contributed by atoms with van der Waals surface area (Å²) in [7, 11) is 0. The molecule has 0 amide bonds. The second kappa shape index (κ2) is 7.71. The van der Waals surface area contributed by atoms with E-state index in [4.69, 9.17) is 21.1 Å². The Morgan fingerprint density at radius 2 is 1.79 bits per heavy atom. The highest BCUT2D eigenvalue weighted by Gasteiger charge is 2.44. The minimum absolute atomic E-state index is 0.242. The predicted molar refractivity (Wildman–Crippen MR) is 103 cm³/mol. The molecule has 0 unspecified atom stereocenters. The third-order valence-electron chi connectivity index (χ3n) is 4.88. The number of para-hydroxylation sites is 1. The Morgan fingerprint density at radius 3 is 2.54 bits per heavy atom. The lowest BCUT2D eigenvalue weighted by Crippen LogP contribution is -2.60. The number of aliphatic hydroxyl groups excluding tert-OH is 4. The fourth-order valence-corrected chi connectivity index (χ4v) is 3.55. The Hall–Kier alpha value is -2.13. The van der Waals surface area contributed by atoms with Gasteiger partial charge in [0.1, 0.15) is 30.2 Å². The molecule has 1 fully saturated rings. The van der Waals surface area contributed by atoms with Gasteiger partial charge in [0.15, 0.2) is 0 Å². The van der Waals surface area contributed by atoms with Gasteiger partial charge in [-0.25, -0.2) is 0 Å². The molecule has 0 bridgehead atoms. The van der Waals surface area contributed by atoms with E-state index >= 15 is 0 Å². The molecule has 2 aromatic carbocycles. The topological polar surface area (TPSA) is 104 Å². The Morgan fingerprint density at radius 1 is 1.00 bits per heavy atom. The molecule has 1 aliphatic heterocycles. The third-order valence-corrected chi connectivity index (χ3v) is 5.18. The molecule has 1 aromatic heterocycles. The predicted octanol–water partition coefficient (Wildman–Crippen LogP) is 1.46. The number of benzene rings is 2. The van der Waals surface area contributed by atoms with Gasteiger partial charge < -0.3 is 34.5 Å². The summed E-state index contributed by atoms with van der Waals surface area (Å²) in [5, 5.41) is 40.5. The number of hydrogen-bond acceptors (Lipinski definition) is 6. The summed E-state index contributed by atoms with van der Waals surface area (Å²) >= 11 is 6.36. The Kier molecular flexibility index (Phi) is 5.29. The van der Waals surface area contributed by atoms with Gasteiger partial charge in [-0.3, -0.25) is 0 Å². The van der Waals surface area contributed by atoms with E-state index in [1.54, 1.807) is 18.2 Å². The van der Waals surface area contributed by atoms with Crippen LogP contribution in [0.4, 0.5) is 0 Å². The largest absolute Gasteiger partial charge is 0.460 e. The number of nitrogens with zero attached hydrogens (tertiary/aromatic N) is 1. The van der Waals surface area contributed by atoms with Crippen LogP contribution in [0.25, 0.3) is 16.6 Å². The molecule has 2 heterocycles. The van der Waals surface area contributed by atoms with Gasteiger partial charge in [-0.1, -0.05) is 29.8 Å². The normalized spacial score (nSPS) is 27.8. The zero-order valence-corrected chi connectivity index (χ0v) is 15.5. The fraction of sp³-hybridized carbons (Fsp3) is 0.300. The molecule has 148 valence electrons. The van der Waals surface area contributed by atoms with Crippen LogP contribution in [0.1, 0.15) is 0 Å². The van der Waals surface area contributed by atoms with E-state index in [2.05, 4.69) is 0 Å². The fourth-order valence-electron chi connectivity index (χ4n) is 3.33. The van der Waals surface area contributed by atoms with E-state index < -0.39 is 37.3 Å². The van der Waals surface area contributed by atoms with Crippen LogP contribution in [-0.2, 0) is 4.74 Å². The maximum absolute atomic E-state index is 10.1. The average molecular weight is 406 g/mol. The number of fused-ring (bicyclic) bond motifs is 1. The Labute approximate surface area is 165 Å². The number of halogens is 1. The Bertz CT molecular complexity index is 974. The molecule has 7 nitrogen and oxygen atoms in total. The van der Waals surface area contributed by atoms with Crippen molar-refractivity contribution in [2.75, 3.05) is 6.61 Å². The molecule has 28 heavy (non-hydrogen) atoms. The highest BCUT2D eigenvalue weighted by atomic mass is 35.5. The van der Waals surface area contributed by atoms with Gasteiger partial charge in [0, 0.05) is 11.9 Å². The summed E-state index contributed by atoms with van der Waals surface area (Å²) in [5.74, 6) is 0.242. The van der Waals surface area contributed by atoms with Crippen molar-refractivity contribution in [3.8, 4) is 11.4 Å². The highest BCUT2D eigenvalue weighted by molar-refractivity contribution is 6.32. The molecule has 1 saturated heterocycles. The van der Waals surface area contributed by atoms with Gasteiger partial charge in [0.2, 0.25) is 6.29 Å². The molecule has 1 aliphatic rings. The first-order valence-corrected chi connectivity index (χ1v) is 9.20. The van der Waals surface area contributed by atoms with Crippen molar-refractivity contribution >= 4 is 22.5 Å². The van der Waals surface area contributed by atoms with E-state index in [-0.39, 0.29) is 10.8 Å². The van der Waals surface area contributed by atoms with E-state index in [9.17, 15) is 20.4 Å². The molecule has 4 rings (SSSR count). The molecule has 0 saturated carbocycles. The smallest absolute Gasteiger partial charge is 0.229 e. The van der Waals surface area contributed by atoms with Crippen LogP contribution in [0.15, 0.2) is 54.7 Å². The number of ether oxygens (including phenoxy) is 2. The van der Waals surface area contributed by atoms with E-state index in [1.165, 1.54) is 0 Å². The van der Waals surface area contributed by atoms with Crippen molar-refractivity contribution in [1.82, 2.24) is 4.57 Å². The van der Waals surface area contributed by atoms with Crippen LogP contribution in [0, 0.1) is 0 Å². The maximum atomic E-state index is 10.1. The van der Waals surface area contributed by atoms with Crippen LogP contribution >= 0.6 is 11.6 Å². The average Bonchev–Trinajstić information content (AvgIpc) is 3.14. The second-order valence-electron chi connectivity index (χ2n) is 6.67. The van der Waals surface area contributed by atoms with E-state index in [0.29, 0.717) is 0 Å². The first-order valence-electron chi connectivity index (χ1n) is 8.83. The van der Waals surface area contributed by atoms with Crippen molar-refractivity contribution in [3.05, 3.63) is 59.8 Å². The van der Waals surface area contributed by atoms with Crippen LogP contribution in [-0.4, -0.2) is 62.3 Å². The minimum atomic E-state index is -1.51. The lowest BCUT2D eigenvalue weighted by Gasteiger charge is -2.39. The SMILES string of the molecule is OC[C@H]1O[C@H](Oc2ccc(-n3ccc4ccccc43)cc2Cl)[C@@H](O)[C@@H](O)[C@@H]1O. The van der Waals surface area contributed by atoms with Crippen molar-refractivity contribution in [3.63, 3.8) is 0 Å². The number of hydrogen-bond donors (Lipinski definition) is 4. The number of rotatable bonds is 4. The molecule has 0 spiro atoms. The summed E-state index contributed by atoms with van der Waals surface area (Å²) in [5.41, 5.74) is 1.86. The van der Waals surface area contributed by atoms with Crippen LogP contribution in [0.3, 0.4) is 0 Å². The van der Waals surface area contributed by atoms with Crippen LogP contribution in [0.2, 0.25) is 5.02 Å². The number of aliphatic hydroxyl groups is 4. The molecule has 3 aromatic rings. The van der Waals surface area contributed by atoms with Crippen LogP contribution < -0.4 is 4.74 Å². The third kappa shape index (κ3) is 3.37. The minimum Gasteiger partial charge on any atom is -0.460 e. The zero-order chi connectivity index (χ0) is 19.8. The van der Waals surface area contributed by atoms with Crippen molar-refractivity contribution in [1.29, 1.82) is 0 Å². The maximum Gasteiger partial charge on any atom is 0.229 e. The molecule has 0 radical (unpaired) electrons. The summed E-state index contributed by atoms with van der Waals surface area (Å²) in [6, 6.07) is 15.1. The van der Waals surface area contributed by atoms with Crippen LogP contribution in [0.5, 0.6) is 5.75 Å². The Balaban J connectivity index is 1.58. The summed E-state index contributed by atoms with van der Waals surface area (Å²) in [6.45, 7) is -0.530. The van der Waals surface area contributed by atoms with E-state index in [1.807, 2.05) is 41.1 Å². The van der Waals surface area contributed by atoms with Gasteiger partial charge in [0.25, 0.3) is 0 Å². The lowest BCUT2D eigenvalue weighted by molar-refractivity contribution is -0.277.